The number of aromatic amines is 1. The maximum absolute atomic E-state index is 15.2. The first-order chi connectivity index (χ1) is 16.5. The summed E-state index contributed by atoms with van der Waals surface area (Å²) in [4.78, 5) is 28.1. The van der Waals surface area contributed by atoms with Crippen molar-refractivity contribution in [2.45, 2.75) is 49.6 Å². The maximum atomic E-state index is 15.2. The Labute approximate surface area is 216 Å². The number of nitrogens with one attached hydrogen (secondary N) is 4. The smallest absolute Gasteiger partial charge is 0.408 e. The fourth-order valence-electron chi connectivity index (χ4n) is 3.49. The summed E-state index contributed by atoms with van der Waals surface area (Å²) in [5.74, 6) is -1.21. The molecule has 3 aromatic rings. The molecule has 2 aromatic carbocycles. The molecule has 4 rings (SSSR count). The highest BCUT2D eigenvalue weighted by Gasteiger charge is 2.45. The van der Waals surface area contributed by atoms with E-state index >= 15 is 4.39 Å². The summed E-state index contributed by atoms with van der Waals surface area (Å²) in [7, 11) is 0. The van der Waals surface area contributed by atoms with Crippen LogP contribution in [-0.2, 0) is 4.74 Å². The predicted octanol–water partition coefficient (Wildman–Crippen LogP) is 6.52. The minimum Gasteiger partial charge on any atom is -0.444 e. The summed E-state index contributed by atoms with van der Waals surface area (Å²) in [6, 6.07) is 8.06. The highest BCUT2D eigenvalue weighted by Crippen LogP contribution is 2.37. The largest absolute Gasteiger partial charge is 0.444 e. The number of benzene rings is 2. The van der Waals surface area contributed by atoms with Gasteiger partial charge in [-0.1, -0.05) is 29.3 Å². The van der Waals surface area contributed by atoms with Gasteiger partial charge in [0.25, 0.3) is 5.91 Å². The number of aromatic nitrogens is 1. The van der Waals surface area contributed by atoms with Gasteiger partial charge in [0.05, 0.1) is 37.2 Å². The van der Waals surface area contributed by atoms with Crippen LogP contribution in [0.1, 0.15) is 44.0 Å². The molecule has 1 aromatic heterocycles. The van der Waals surface area contributed by atoms with Crippen LogP contribution in [0.5, 0.6) is 0 Å². The average Bonchev–Trinajstić information content (AvgIpc) is 3.42. The van der Waals surface area contributed by atoms with Crippen LogP contribution in [0.3, 0.4) is 0 Å². The van der Waals surface area contributed by atoms with Gasteiger partial charge in [-0.3, -0.25) is 4.79 Å². The number of fused-ring (bicyclic) bond motifs is 1. The summed E-state index contributed by atoms with van der Waals surface area (Å²) in [5.41, 5.74) is 0.0773. The number of carbonyl (C=O) groups excluding carboxylic acids is 2. The van der Waals surface area contributed by atoms with Gasteiger partial charge in [0.15, 0.2) is 5.82 Å². The molecule has 186 valence electrons. The maximum Gasteiger partial charge on any atom is 0.408 e. The molecule has 1 fully saturated rings. The predicted molar refractivity (Wildman–Crippen MR) is 138 cm³/mol. The fraction of sp³-hybridized carbons (Fsp3) is 0.333. The lowest BCUT2D eigenvalue weighted by atomic mass is 10.2. The third-order valence-corrected chi connectivity index (χ3v) is 6.89. The van der Waals surface area contributed by atoms with E-state index in [1.165, 1.54) is 6.07 Å². The topological polar surface area (TPSA) is 95.2 Å². The van der Waals surface area contributed by atoms with E-state index in [0.29, 0.717) is 39.5 Å². The van der Waals surface area contributed by atoms with E-state index in [9.17, 15) is 9.59 Å². The van der Waals surface area contributed by atoms with Gasteiger partial charge in [0.2, 0.25) is 0 Å². The van der Waals surface area contributed by atoms with E-state index in [1.807, 2.05) is 0 Å². The zero-order valence-electron chi connectivity index (χ0n) is 19.4. The summed E-state index contributed by atoms with van der Waals surface area (Å²) in [5, 5.41) is 7.20. The van der Waals surface area contributed by atoms with Gasteiger partial charge in [0, 0.05) is 18.1 Å². The van der Waals surface area contributed by atoms with Crippen LogP contribution in [0, 0.1) is 5.82 Å². The van der Waals surface area contributed by atoms with E-state index in [0.717, 1.165) is 11.9 Å². The number of hydrogen-bond acceptors (Lipinski definition) is 5. The Balaban J connectivity index is 1.40. The lowest BCUT2D eigenvalue weighted by Gasteiger charge is -2.23. The van der Waals surface area contributed by atoms with Gasteiger partial charge >= 0.3 is 6.09 Å². The van der Waals surface area contributed by atoms with Crippen LogP contribution >= 0.6 is 35.1 Å². The molecule has 0 radical (unpaired) electrons. The van der Waals surface area contributed by atoms with Crippen LogP contribution in [-0.4, -0.2) is 34.7 Å². The first kappa shape index (κ1) is 25.5. The normalized spacial score (nSPS) is 14.5. The first-order valence-electron chi connectivity index (χ1n) is 10.9. The van der Waals surface area contributed by atoms with Crippen molar-refractivity contribution < 1.29 is 18.7 Å². The van der Waals surface area contributed by atoms with Crippen LogP contribution in [0.2, 0.25) is 10.0 Å². The van der Waals surface area contributed by atoms with Crippen LogP contribution in [0.25, 0.3) is 10.9 Å². The van der Waals surface area contributed by atoms with Gasteiger partial charge < -0.3 is 25.1 Å². The van der Waals surface area contributed by atoms with Gasteiger partial charge in [0.1, 0.15) is 5.60 Å². The lowest BCUT2D eigenvalue weighted by Crippen LogP contribution is -2.47. The summed E-state index contributed by atoms with van der Waals surface area (Å²) >= 11 is 13.4. The zero-order valence-corrected chi connectivity index (χ0v) is 21.7. The number of hydrogen-bond donors (Lipinski definition) is 4. The number of anilines is 1. The second kappa shape index (κ2) is 9.79. The van der Waals surface area contributed by atoms with Gasteiger partial charge in [-0.2, -0.15) is 0 Å². The molecule has 0 unspecified atom stereocenters. The van der Waals surface area contributed by atoms with Crippen molar-refractivity contribution in [3.63, 3.8) is 0 Å². The van der Waals surface area contributed by atoms with E-state index in [-0.39, 0.29) is 17.0 Å². The SMILES string of the molecule is CC(C)(C)OC(=O)NC1(CNC(=O)c2cccc(SNc3ccc(Cl)c4c(Cl)c[nH]c34)c2F)CC1. The molecular formula is C24H25Cl2FN4O3S. The van der Waals surface area contributed by atoms with Crippen LogP contribution in [0.4, 0.5) is 14.9 Å². The Kier molecular flexibility index (Phi) is 7.13. The van der Waals surface area contributed by atoms with Crippen LogP contribution < -0.4 is 15.4 Å². The Morgan fingerprint density at radius 3 is 2.60 bits per heavy atom. The number of carbonyl (C=O) groups is 2. The quantitative estimate of drug-likeness (QED) is 0.257. The van der Waals surface area contributed by atoms with Gasteiger partial charge in [-0.25, -0.2) is 9.18 Å². The fourth-order valence-corrected chi connectivity index (χ4v) is 4.78. The molecule has 0 aliphatic heterocycles. The molecule has 1 aliphatic carbocycles. The van der Waals surface area contributed by atoms with Crippen molar-refractivity contribution in [3.05, 3.63) is 58.0 Å². The standard InChI is InChI=1S/C24H25Cl2FN4O3S/c1-23(2,3)34-22(33)30-24(9-10-24)12-29-21(32)13-5-4-6-17(19(13)27)35-31-16-8-7-14(25)18-15(26)11-28-20(16)18/h4-8,11,28,31H,9-10,12H2,1-3H3,(H,29,32)(H,30,33). The highest BCUT2D eigenvalue weighted by molar-refractivity contribution is 8.00. The number of halogens is 3. The molecule has 0 spiro atoms. The monoisotopic (exact) mass is 538 g/mol. The second-order valence-electron chi connectivity index (χ2n) is 9.39. The van der Waals surface area contributed by atoms with E-state index < -0.39 is 29.0 Å². The van der Waals surface area contributed by atoms with Crippen LogP contribution in [0.15, 0.2) is 41.4 Å². The Bertz CT molecular complexity index is 1290. The van der Waals surface area contributed by atoms with Gasteiger partial charge in [-0.05, 0) is 69.8 Å². The summed E-state index contributed by atoms with van der Waals surface area (Å²) in [6.07, 6.45) is 2.49. The van der Waals surface area contributed by atoms with Crippen molar-refractivity contribution in [2.75, 3.05) is 11.3 Å². The number of ether oxygens (including phenoxy) is 1. The first-order valence-corrected chi connectivity index (χ1v) is 12.5. The molecule has 1 aliphatic rings. The second-order valence-corrected chi connectivity index (χ2v) is 11.1. The molecule has 1 heterocycles. The van der Waals surface area contributed by atoms with E-state index in [1.54, 1.807) is 51.2 Å². The van der Waals surface area contributed by atoms with Crippen molar-refractivity contribution in [1.82, 2.24) is 15.6 Å². The molecule has 0 bridgehead atoms. The van der Waals surface area contributed by atoms with E-state index in [2.05, 4.69) is 20.3 Å². The number of amides is 2. The summed E-state index contributed by atoms with van der Waals surface area (Å²) in [6.45, 7) is 5.51. The van der Waals surface area contributed by atoms with E-state index in [4.69, 9.17) is 27.9 Å². The third kappa shape index (κ3) is 5.97. The summed E-state index contributed by atoms with van der Waals surface area (Å²) < 4.78 is 23.6. The number of H-pyrrole nitrogens is 1. The van der Waals surface area contributed by atoms with Crippen molar-refractivity contribution in [3.8, 4) is 0 Å². The molecule has 4 N–H and O–H groups in total. The molecule has 35 heavy (non-hydrogen) atoms. The Morgan fingerprint density at radius 2 is 1.91 bits per heavy atom. The third-order valence-electron chi connectivity index (χ3n) is 5.42. The molecule has 2 amide bonds. The molecule has 1 saturated carbocycles. The molecular weight excluding hydrogens is 514 g/mol. The number of rotatable bonds is 7. The Hall–Kier alpha value is -2.62. The number of alkyl carbamates (subject to hydrolysis) is 1. The average molecular weight is 539 g/mol. The van der Waals surface area contributed by atoms with Crippen molar-refractivity contribution >= 4 is 63.7 Å². The molecule has 11 heteroatoms. The highest BCUT2D eigenvalue weighted by atomic mass is 35.5. The molecule has 0 saturated heterocycles. The lowest BCUT2D eigenvalue weighted by molar-refractivity contribution is 0.0493. The Morgan fingerprint density at radius 1 is 1.17 bits per heavy atom. The minimum absolute atomic E-state index is 0.0889. The van der Waals surface area contributed by atoms with Gasteiger partial charge in [-0.15, -0.1) is 0 Å². The zero-order chi connectivity index (χ0) is 25.4. The van der Waals surface area contributed by atoms with Crippen molar-refractivity contribution in [1.29, 1.82) is 0 Å². The van der Waals surface area contributed by atoms with Crippen molar-refractivity contribution in [2.24, 2.45) is 0 Å². The minimum atomic E-state index is -0.651. The molecule has 0 atom stereocenters. The molecule has 7 nitrogen and oxygen atoms in total.